The molecule has 0 aliphatic rings. The van der Waals surface area contributed by atoms with E-state index >= 15 is 0 Å². The number of aromatic nitrogens is 3. The van der Waals surface area contributed by atoms with Crippen LogP contribution in [-0.2, 0) is 4.79 Å². The molecule has 0 unspecified atom stereocenters. The number of fused-ring (bicyclic) bond motifs is 1. The molecule has 6 nitrogen and oxygen atoms in total. The predicted octanol–water partition coefficient (Wildman–Crippen LogP) is 1.78. The minimum Gasteiger partial charge on any atom is -0.309 e. The van der Waals surface area contributed by atoms with Gasteiger partial charge in [-0.15, -0.1) is 5.10 Å². The fraction of sp³-hybridized carbons (Fsp3) is 0.0714. The summed E-state index contributed by atoms with van der Waals surface area (Å²) in [4.78, 5) is 23.4. The number of nitrogens with one attached hydrogen (secondary N) is 1. The van der Waals surface area contributed by atoms with Gasteiger partial charge in [-0.05, 0) is 12.1 Å². The fourth-order valence-corrected chi connectivity index (χ4v) is 2.01. The number of imidazole rings is 1. The molecule has 1 aromatic carbocycles. The van der Waals surface area contributed by atoms with Gasteiger partial charge in [0.15, 0.2) is 5.82 Å². The van der Waals surface area contributed by atoms with Crippen LogP contribution < -0.4 is 5.32 Å². The van der Waals surface area contributed by atoms with Gasteiger partial charge >= 0.3 is 0 Å². The predicted molar refractivity (Wildman–Crippen MR) is 73.7 cm³/mol. The maximum Gasteiger partial charge on any atom is 0.263 e. The number of carbonyl (C=O) groups is 2. The van der Waals surface area contributed by atoms with Gasteiger partial charge in [0.1, 0.15) is 5.65 Å². The zero-order valence-electron chi connectivity index (χ0n) is 10.8. The van der Waals surface area contributed by atoms with Crippen LogP contribution in [0.4, 0.5) is 5.82 Å². The second kappa shape index (κ2) is 4.65. The molecular formula is C14H12N4O2. The Morgan fingerprint density at radius 2 is 1.90 bits per heavy atom. The van der Waals surface area contributed by atoms with E-state index < -0.39 is 0 Å². The molecule has 0 aliphatic heterocycles. The smallest absolute Gasteiger partial charge is 0.263 e. The first-order valence-electron chi connectivity index (χ1n) is 6.09. The molecule has 0 spiro atoms. The van der Waals surface area contributed by atoms with Crippen molar-refractivity contribution in [3.05, 3.63) is 54.4 Å². The molecule has 1 amide bonds. The topological polar surface area (TPSA) is 68.4 Å². The van der Waals surface area contributed by atoms with E-state index in [1.165, 1.54) is 11.5 Å². The van der Waals surface area contributed by atoms with Crippen molar-refractivity contribution in [2.75, 3.05) is 5.32 Å². The Morgan fingerprint density at radius 1 is 1.15 bits per heavy atom. The highest BCUT2D eigenvalue weighted by Gasteiger charge is 2.13. The van der Waals surface area contributed by atoms with Gasteiger partial charge in [-0.25, -0.2) is 4.52 Å². The van der Waals surface area contributed by atoms with Gasteiger partial charge in [0.25, 0.3) is 5.91 Å². The van der Waals surface area contributed by atoms with Crippen LogP contribution in [-0.4, -0.2) is 26.0 Å². The van der Waals surface area contributed by atoms with Crippen LogP contribution >= 0.6 is 0 Å². The number of hydrogen-bond acceptors (Lipinski definition) is 3. The summed E-state index contributed by atoms with van der Waals surface area (Å²) in [5.41, 5.74) is 1.19. The minimum atomic E-state index is -0.202. The third-order valence-corrected chi connectivity index (χ3v) is 2.86. The summed E-state index contributed by atoms with van der Waals surface area (Å²) in [6.45, 7) is 1.41. The van der Waals surface area contributed by atoms with Crippen molar-refractivity contribution in [1.29, 1.82) is 0 Å². The molecule has 0 radical (unpaired) electrons. The number of carbonyl (C=O) groups excluding carboxylic acids is 2. The summed E-state index contributed by atoms with van der Waals surface area (Å²) in [5.74, 6) is 0.0734. The van der Waals surface area contributed by atoms with E-state index in [-0.39, 0.29) is 11.8 Å². The summed E-state index contributed by atoms with van der Waals surface area (Å²) in [6, 6.07) is 10.6. The molecule has 0 aliphatic carbocycles. The Morgan fingerprint density at radius 3 is 2.60 bits per heavy atom. The van der Waals surface area contributed by atoms with Crippen LogP contribution in [0.3, 0.4) is 0 Å². The van der Waals surface area contributed by atoms with E-state index in [4.69, 9.17) is 0 Å². The highest BCUT2D eigenvalue weighted by molar-refractivity contribution is 5.98. The Kier molecular flexibility index (Phi) is 2.83. The summed E-state index contributed by atoms with van der Waals surface area (Å²) in [7, 11) is 0. The number of amides is 1. The molecule has 0 atom stereocenters. The second-order valence-corrected chi connectivity index (χ2v) is 4.35. The Labute approximate surface area is 114 Å². The van der Waals surface area contributed by atoms with Gasteiger partial charge in [0, 0.05) is 30.9 Å². The minimum absolute atomic E-state index is 0.144. The first-order valence-corrected chi connectivity index (χ1v) is 6.09. The first kappa shape index (κ1) is 12.2. The molecule has 100 valence electrons. The molecule has 0 fully saturated rings. The lowest BCUT2D eigenvalue weighted by Gasteiger charge is -2.01. The number of benzene rings is 1. The van der Waals surface area contributed by atoms with Crippen LogP contribution in [0.15, 0.2) is 48.8 Å². The average Bonchev–Trinajstić information content (AvgIpc) is 2.98. The van der Waals surface area contributed by atoms with Crippen LogP contribution in [0, 0.1) is 0 Å². The molecule has 6 heteroatoms. The fourth-order valence-electron chi connectivity index (χ4n) is 2.01. The summed E-state index contributed by atoms with van der Waals surface area (Å²) in [6.07, 6.45) is 3.32. The molecular weight excluding hydrogens is 256 g/mol. The maximum atomic E-state index is 12.4. The van der Waals surface area contributed by atoms with Crippen molar-refractivity contribution in [1.82, 2.24) is 14.2 Å². The summed E-state index contributed by atoms with van der Waals surface area (Å²) in [5, 5.41) is 6.75. The monoisotopic (exact) mass is 268 g/mol. The largest absolute Gasteiger partial charge is 0.309 e. The lowest BCUT2D eigenvalue weighted by molar-refractivity contribution is -0.114. The molecule has 0 saturated carbocycles. The SMILES string of the molecule is CC(=O)Nc1cc2n(C(=O)c3ccccc3)ccn2n1. The molecule has 2 heterocycles. The zero-order chi connectivity index (χ0) is 14.1. The average molecular weight is 268 g/mol. The number of nitrogens with zero attached hydrogens (tertiary/aromatic N) is 3. The van der Waals surface area contributed by atoms with Gasteiger partial charge in [-0.1, -0.05) is 18.2 Å². The first-order chi connectivity index (χ1) is 9.65. The van der Waals surface area contributed by atoms with Gasteiger partial charge < -0.3 is 5.32 Å². The van der Waals surface area contributed by atoms with Crippen molar-refractivity contribution in [3.8, 4) is 0 Å². The Balaban J connectivity index is 2.01. The summed E-state index contributed by atoms with van der Waals surface area (Å²) < 4.78 is 3.04. The number of rotatable bonds is 2. The zero-order valence-corrected chi connectivity index (χ0v) is 10.8. The highest BCUT2D eigenvalue weighted by Crippen LogP contribution is 2.14. The van der Waals surface area contributed by atoms with Crippen LogP contribution in [0.5, 0.6) is 0 Å². The van der Waals surface area contributed by atoms with Crippen LogP contribution in [0.25, 0.3) is 5.65 Å². The molecule has 3 rings (SSSR count). The normalized spacial score (nSPS) is 10.7. The van der Waals surface area contributed by atoms with Crippen molar-refractivity contribution < 1.29 is 9.59 Å². The van der Waals surface area contributed by atoms with Crippen molar-refractivity contribution >= 4 is 23.3 Å². The van der Waals surface area contributed by atoms with E-state index in [1.54, 1.807) is 35.1 Å². The molecule has 0 saturated heterocycles. The maximum absolute atomic E-state index is 12.4. The van der Waals surface area contributed by atoms with Crippen LogP contribution in [0.1, 0.15) is 17.3 Å². The standard InChI is InChI=1S/C14H12N4O2/c1-10(19)15-12-9-13-17(7-8-18(13)16-12)14(20)11-5-3-2-4-6-11/h2-9H,1H3,(H,15,16,19). The number of hydrogen-bond donors (Lipinski definition) is 1. The van der Waals surface area contributed by atoms with E-state index in [0.717, 1.165) is 0 Å². The highest BCUT2D eigenvalue weighted by atomic mass is 16.2. The Bertz CT molecular complexity index is 786. The molecule has 20 heavy (non-hydrogen) atoms. The number of anilines is 1. The van der Waals surface area contributed by atoms with E-state index in [9.17, 15) is 9.59 Å². The second-order valence-electron chi connectivity index (χ2n) is 4.35. The van der Waals surface area contributed by atoms with Crippen molar-refractivity contribution in [2.24, 2.45) is 0 Å². The third-order valence-electron chi connectivity index (χ3n) is 2.86. The van der Waals surface area contributed by atoms with Gasteiger partial charge in [-0.3, -0.25) is 14.2 Å². The third kappa shape index (κ3) is 2.07. The molecule has 2 aromatic heterocycles. The van der Waals surface area contributed by atoms with Gasteiger partial charge in [-0.2, -0.15) is 0 Å². The van der Waals surface area contributed by atoms with Gasteiger partial charge in [0.05, 0.1) is 0 Å². The van der Waals surface area contributed by atoms with Crippen molar-refractivity contribution in [2.45, 2.75) is 6.92 Å². The molecule has 1 N–H and O–H groups in total. The van der Waals surface area contributed by atoms with E-state index in [1.807, 2.05) is 18.2 Å². The van der Waals surface area contributed by atoms with Crippen molar-refractivity contribution in [3.63, 3.8) is 0 Å². The summed E-state index contributed by atoms with van der Waals surface area (Å²) >= 11 is 0. The lowest BCUT2D eigenvalue weighted by atomic mass is 10.2. The Hall–Kier alpha value is -2.89. The molecule has 0 bridgehead atoms. The molecule has 3 aromatic rings. The lowest BCUT2D eigenvalue weighted by Crippen LogP contribution is -2.10. The quantitative estimate of drug-likeness (QED) is 0.770. The van der Waals surface area contributed by atoms with E-state index in [2.05, 4.69) is 10.4 Å². The van der Waals surface area contributed by atoms with Crippen LogP contribution in [0.2, 0.25) is 0 Å². The van der Waals surface area contributed by atoms with Gasteiger partial charge in [0.2, 0.25) is 5.91 Å². The van der Waals surface area contributed by atoms with E-state index in [0.29, 0.717) is 17.0 Å².